The zero-order valence-corrected chi connectivity index (χ0v) is 30.0. The normalized spacial score (nSPS) is 20.5. The summed E-state index contributed by atoms with van der Waals surface area (Å²) in [7, 11) is 0. The molecule has 2 aliphatic heterocycles. The molecule has 2 heterocycles. The summed E-state index contributed by atoms with van der Waals surface area (Å²) in [5, 5.41) is 11.8. The van der Waals surface area contributed by atoms with Gasteiger partial charge in [0.05, 0.1) is 18.8 Å². The number of carbonyl (C=O) groups excluding carboxylic acids is 2. The lowest BCUT2D eigenvalue weighted by atomic mass is 9.98. The number of hydrogen-bond acceptors (Lipinski definition) is 7. The molecule has 4 atom stereocenters. The fourth-order valence-electron chi connectivity index (χ4n) is 6.78. The summed E-state index contributed by atoms with van der Waals surface area (Å²) in [5.41, 5.74) is 2.18. The molecule has 0 aliphatic carbocycles. The van der Waals surface area contributed by atoms with Crippen molar-refractivity contribution in [2.45, 2.75) is 83.3 Å². The molecule has 54 heavy (non-hydrogen) atoms. The minimum absolute atomic E-state index is 0.0904. The van der Waals surface area contributed by atoms with Crippen LogP contribution in [0.4, 0.5) is 22.0 Å². The Bertz CT molecular complexity index is 1970. The first-order valence-corrected chi connectivity index (χ1v) is 17.7. The van der Waals surface area contributed by atoms with E-state index in [1.54, 1.807) is 18.2 Å². The van der Waals surface area contributed by atoms with Gasteiger partial charge in [0.2, 0.25) is 5.82 Å². The molecule has 0 aromatic heterocycles. The van der Waals surface area contributed by atoms with E-state index in [1.807, 2.05) is 75.4 Å². The van der Waals surface area contributed by atoms with Gasteiger partial charge in [-0.15, -0.1) is 0 Å². The Morgan fingerprint density at radius 1 is 0.833 bits per heavy atom. The summed E-state index contributed by atoms with van der Waals surface area (Å²) in [6.07, 6.45) is 0.586. The minimum atomic E-state index is -2.35. The maximum Gasteiger partial charge on any atom is 0.323 e. The molecule has 2 aliphatic rings. The molecule has 4 aromatic rings. The predicted molar refractivity (Wildman–Crippen MR) is 188 cm³/mol. The summed E-state index contributed by atoms with van der Waals surface area (Å²) >= 11 is 0. The van der Waals surface area contributed by atoms with E-state index in [2.05, 4.69) is 10.2 Å². The standard InChI is InChI=1S/C41H41F5N2O6/c1-41(2,3)54-39(51)30-11-6-16-48(30)21-29-19-31(25-14-12-23(22-49)13-15-25)53-40(52-29)28-10-5-9-27(18-28)26-8-4-7-24(17-26)20-47-38(50)32-33(42)35(44)37(46)36(45)34(32)43/h4-5,7-10,12-15,17-18,29-31,40,49H,6,11,16,19-22H2,1-3H3,(H,47,50). The van der Waals surface area contributed by atoms with Gasteiger partial charge < -0.3 is 24.6 Å². The Morgan fingerprint density at radius 2 is 1.48 bits per heavy atom. The van der Waals surface area contributed by atoms with E-state index in [0.29, 0.717) is 36.1 Å². The minimum Gasteiger partial charge on any atom is -0.459 e. The second-order valence-electron chi connectivity index (χ2n) is 14.5. The van der Waals surface area contributed by atoms with Crippen molar-refractivity contribution < 1.29 is 50.9 Å². The smallest absolute Gasteiger partial charge is 0.323 e. The van der Waals surface area contributed by atoms with Gasteiger partial charge in [-0.1, -0.05) is 60.7 Å². The Labute approximate surface area is 309 Å². The van der Waals surface area contributed by atoms with Crippen LogP contribution in [0, 0.1) is 29.1 Å². The zero-order valence-electron chi connectivity index (χ0n) is 30.0. The zero-order chi connectivity index (χ0) is 38.7. The fraction of sp³-hybridized carbons (Fsp3) is 0.366. The molecule has 13 heteroatoms. The SMILES string of the molecule is CC(C)(C)OC(=O)C1CCCN1CC1CC(c2ccc(CO)cc2)OC(c2cccc(-c3cccc(CNC(=O)c4c(F)c(F)c(F)c(F)c4F)c3)c2)O1. The molecule has 2 N–H and O–H groups in total. The Hall–Kier alpha value is -4.69. The molecule has 0 radical (unpaired) electrons. The highest BCUT2D eigenvalue weighted by atomic mass is 19.2. The molecule has 286 valence electrons. The number of esters is 1. The molecule has 8 nitrogen and oxygen atoms in total. The number of rotatable bonds is 10. The van der Waals surface area contributed by atoms with Crippen molar-refractivity contribution in [2.24, 2.45) is 0 Å². The van der Waals surface area contributed by atoms with Crippen LogP contribution < -0.4 is 5.32 Å². The second kappa shape index (κ2) is 16.4. The highest BCUT2D eigenvalue weighted by Crippen LogP contribution is 2.40. The van der Waals surface area contributed by atoms with Crippen LogP contribution in [-0.2, 0) is 32.2 Å². The topological polar surface area (TPSA) is 97.3 Å². The first-order valence-electron chi connectivity index (χ1n) is 17.7. The first-order chi connectivity index (χ1) is 25.7. The van der Waals surface area contributed by atoms with Gasteiger partial charge in [-0.2, -0.15) is 0 Å². The highest BCUT2D eigenvalue weighted by Gasteiger charge is 2.39. The van der Waals surface area contributed by atoms with Crippen molar-refractivity contribution in [3.05, 3.63) is 130 Å². The van der Waals surface area contributed by atoms with E-state index in [1.165, 1.54) is 0 Å². The van der Waals surface area contributed by atoms with Crippen LogP contribution in [-0.4, -0.2) is 52.7 Å². The van der Waals surface area contributed by atoms with E-state index in [4.69, 9.17) is 14.2 Å². The molecule has 2 fully saturated rings. The number of hydrogen-bond donors (Lipinski definition) is 2. The monoisotopic (exact) mass is 752 g/mol. The van der Waals surface area contributed by atoms with Gasteiger partial charge in [0.15, 0.2) is 29.6 Å². The summed E-state index contributed by atoms with van der Waals surface area (Å²) in [6.45, 7) is 6.38. The number of ether oxygens (including phenoxy) is 3. The summed E-state index contributed by atoms with van der Waals surface area (Å²) < 4.78 is 88.1. The van der Waals surface area contributed by atoms with Crippen LogP contribution >= 0.6 is 0 Å². The predicted octanol–water partition coefficient (Wildman–Crippen LogP) is 7.82. The number of aliphatic hydroxyl groups is 1. The van der Waals surface area contributed by atoms with E-state index < -0.39 is 52.4 Å². The van der Waals surface area contributed by atoms with Crippen LogP contribution in [0.1, 0.15) is 85.0 Å². The maximum atomic E-state index is 14.2. The van der Waals surface area contributed by atoms with Crippen LogP contribution in [0.15, 0.2) is 72.8 Å². The van der Waals surface area contributed by atoms with Crippen LogP contribution in [0.3, 0.4) is 0 Å². The number of amides is 1. The molecule has 2 saturated heterocycles. The molecule has 4 aromatic carbocycles. The van der Waals surface area contributed by atoms with E-state index >= 15 is 0 Å². The van der Waals surface area contributed by atoms with Gasteiger partial charge in [0.25, 0.3) is 5.91 Å². The largest absolute Gasteiger partial charge is 0.459 e. The van der Waals surface area contributed by atoms with Crippen molar-refractivity contribution in [3.8, 4) is 11.1 Å². The lowest BCUT2D eigenvalue weighted by molar-refractivity contribution is -0.253. The van der Waals surface area contributed by atoms with Gasteiger partial charge in [-0.05, 0) is 80.1 Å². The van der Waals surface area contributed by atoms with Crippen molar-refractivity contribution in [1.82, 2.24) is 10.2 Å². The number of nitrogens with zero attached hydrogens (tertiary/aromatic N) is 1. The number of nitrogens with one attached hydrogen (secondary N) is 1. The lowest BCUT2D eigenvalue weighted by Crippen LogP contribution is -2.45. The van der Waals surface area contributed by atoms with Crippen molar-refractivity contribution in [2.75, 3.05) is 13.1 Å². The third kappa shape index (κ3) is 8.81. The Kier molecular flexibility index (Phi) is 11.8. The van der Waals surface area contributed by atoms with Crippen molar-refractivity contribution >= 4 is 11.9 Å². The maximum absolute atomic E-state index is 14.2. The molecule has 0 bridgehead atoms. The molecular formula is C41H41F5N2O6. The Balaban J connectivity index is 1.21. The number of benzene rings is 4. The fourth-order valence-corrected chi connectivity index (χ4v) is 6.78. The van der Waals surface area contributed by atoms with Gasteiger partial charge in [-0.3, -0.25) is 14.5 Å². The van der Waals surface area contributed by atoms with Crippen molar-refractivity contribution in [3.63, 3.8) is 0 Å². The third-order valence-electron chi connectivity index (χ3n) is 9.40. The van der Waals surface area contributed by atoms with Gasteiger partial charge >= 0.3 is 5.97 Å². The van der Waals surface area contributed by atoms with Crippen LogP contribution in [0.25, 0.3) is 11.1 Å². The number of likely N-dealkylation sites (tertiary alicyclic amines) is 1. The number of carbonyl (C=O) groups is 2. The number of aliphatic hydroxyl groups excluding tert-OH is 1. The van der Waals surface area contributed by atoms with E-state index in [0.717, 1.165) is 29.7 Å². The van der Waals surface area contributed by atoms with Crippen LogP contribution in [0.5, 0.6) is 0 Å². The molecule has 0 spiro atoms. The van der Waals surface area contributed by atoms with Gasteiger partial charge in [-0.25, -0.2) is 22.0 Å². The van der Waals surface area contributed by atoms with Gasteiger partial charge in [0.1, 0.15) is 17.2 Å². The summed E-state index contributed by atoms with van der Waals surface area (Å²) in [5.74, 6) is -12.9. The summed E-state index contributed by atoms with van der Waals surface area (Å²) in [4.78, 5) is 27.8. The molecular weight excluding hydrogens is 711 g/mol. The first kappa shape index (κ1) is 39.0. The average Bonchev–Trinajstić information content (AvgIpc) is 3.63. The van der Waals surface area contributed by atoms with Crippen molar-refractivity contribution in [1.29, 1.82) is 0 Å². The third-order valence-corrected chi connectivity index (χ3v) is 9.40. The molecule has 1 amide bonds. The van der Waals surface area contributed by atoms with E-state index in [-0.39, 0.29) is 37.4 Å². The van der Waals surface area contributed by atoms with E-state index in [9.17, 15) is 36.6 Å². The average molecular weight is 753 g/mol. The molecule has 4 unspecified atom stereocenters. The number of halogens is 5. The quantitative estimate of drug-likeness (QED) is 0.0738. The lowest BCUT2D eigenvalue weighted by Gasteiger charge is -2.38. The summed E-state index contributed by atoms with van der Waals surface area (Å²) in [6, 6.07) is 21.5. The van der Waals surface area contributed by atoms with Crippen LogP contribution in [0.2, 0.25) is 0 Å². The Morgan fingerprint density at radius 3 is 2.15 bits per heavy atom. The molecule has 0 saturated carbocycles. The van der Waals surface area contributed by atoms with Gasteiger partial charge in [0, 0.05) is 25.1 Å². The molecule has 6 rings (SSSR count). The second-order valence-corrected chi connectivity index (χ2v) is 14.5. The highest BCUT2D eigenvalue weighted by molar-refractivity contribution is 5.94.